The molecule has 2 atom stereocenters. The van der Waals surface area contributed by atoms with Crippen molar-refractivity contribution in [3.63, 3.8) is 0 Å². The van der Waals surface area contributed by atoms with Gasteiger partial charge in [0.2, 0.25) is 0 Å². The van der Waals surface area contributed by atoms with E-state index in [1.807, 2.05) is 0 Å². The van der Waals surface area contributed by atoms with Crippen LogP contribution in [0.15, 0.2) is 42.6 Å². The number of ether oxygens (including phenoxy) is 2. The molecule has 1 saturated carbocycles. The lowest BCUT2D eigenvalue weighted by atomic mass is 9.95. The molecule has 2 aliphatic rings. The minimum Gasteiger partial charge on any atom is -0.444 e. The van der Waals surface area contributed by atoms with Gasteiger partial charge in [0.25, 0.3) is 5.91 Å². The van der Waals surface area contributed by atoms with Crippen molar-refractivity contribution in [3.05, 3.63) is 65.2 Å². The average Bonchev–Trinajstić information content (AvgIpc) is 3.57. The summed E-state index contributed by atoms with van der Waals surface area (Å²) in [6.45, 7) is 9.66. The number of hydrogen-bond acceptors (Lipinski definition) is 5. The van der Waals surface area contributed by atoms with Crippen molar-refractivity contribution in [1.82, 2.24) is 15.2 Å². The lowest BCUT2D eigenvalue weighted by Crippen LogP contribution is -2.51. The van der Waals surface area contributed by atoms with E-state index in [0.717, 1.165) is 12.8 Å². The second kappa shape index (κ2) is 10.2. The van der Waals surface area contributed by atoms with Crippen molar-refractivity contribution in [3.8, 4) is 0 Å². The molecule has 0 bridgehead atoms. The van der Waals surface area contributed by atoms with E-state index >= 15 is 0 Å². The number of nitrogens with one attached hydrogen (secondary N) is 1. The summed E-state index contributed by atoms with van der Waals surface area (Å²) in [6, 6.07) is 9.48. The van der Waals surface area contributed by atoms with Crippen LogP contribution >= 0.6 is 0 Å². The number of amides is 2. The van der Waals surface area contributed by atoms with Gasteiger partial charge < -0.3 is 14.8 Å². The highest BCUT2D eigenvalue weighted by Crippen LogP contribution is 2.37. The number of aromatic nitrogens is 1. The van der Waals surface area contributed by atoms with Crippen molar-refractivity contribution < 1.29 is 23.5 Å². The van der Waals surface area contributed by atoms with Crippen molar-refractivity contribution >= 4 is 12.0 Å². The predicted octanol–water partition coefficient (Wildman–Crippen LogP) is 4.89. The summed E-state index contributed by atoms with van der Waals surface area (Å²) in [5.41, 5.74) is -0.171. The molecular formula is C28H36FN3O4. The van der Waals surface area contributed by atoms with Crippen molar-refractivity contribution in [2.24, 2.45) is 5.92 Å². The molecule has 0 radical (unpaired) electrons. The lowest BCUT2D eigenvalue weighted by Gasteiger charge is -2.35. The summed E-state index contributed by atoms with van der Waals surface area (Å²) < 4.78 is 26.8. The molecule has 1 aliphatic heterocycles. The molecule has 2 fully saturated rings. The fraction of sp³-hybridized carbons (Fsp3) is 0.536. The monoisotopic (exact) mass is 497 g/mol. The molecule has 1 aliphatic carbocycles. The molecule has 4 rings (SSSR count). The Labute approximate surface area is 212 Å². The number of benzene rings is 1. The Morgan fingerprint density at radius 2 is 1.89 bits per heavy atom. The van der Waals surface area contributed by atoms with E-state index in [1.165, 1.54) is 6.07 Å². The van der Waals surface area contributed by atoms with Gasteiger partial charge in [0.15, 0.2) is 0 Å². The van der Waals surface area contributed by atoms with Gasteiger partial charge >= 0.3 is 6.09 Å². The zero-order valence-electron chi connectivity index (χ0n) is 21.7. The molecule has 36 heavy (non-hydrogen) atoms. The summed E-state index contributed by atoms with van der Waals surface area (Å²) in [4.78, 5) is 32.3. The van der Waals surface area contributed by atoms with Crippen molar-refractivity contribution in [2.45, 2.75) is 83.8 Å². The summed E-state index contributed by atoms with van der Waals surface area (Å²) in [5, 5.41) is 3.00. The number of hydrogen-bond donors (Lipinski definition) is 1. The van der Waals surface area contributed by atoms with E-state index < -0.39 is 29.6 Å². The summed E-state index contributed by atoms with van der Waals surface area (Å²) in [5.74, 6) is 0.0422. The minimum absolute atomic E-state index is 0.170. The Bertz CT molecular complexity index is 1110. The van der Waals surface area contributed by atoms with Crippen LogP contribution in [0.25, 0.3) is 0 Å². The Morgan fingerprint density at radius 3 is 2.56 bits per heavy atom. The molecule has 7 nitrogen and oxygen atoms in total. The molecule has 1 N–H and O–H groups in total. The maximum Gasteiger partial charge on any atom is 0.412 e. The average molecular weight is 498 g/mol. The number of nitrogens with zero attached hydrogens (tertiary/aromatic N) is 2. The van der Waals surface area contributed by atoms with Crippen LogP contribution in [0, 0.1) is 11.7 Å². The van der Waals surface area contributed by atoms with Crippen LogP contribution in [0.4, 0.5) is 9.18 Å². The second-order valence-corrected chi connectivity index (χ2v) is 11.2. The van der Waals surface area contributed by atoms with Gasteiger partial charge in [-0.3, -0.25) is 14.7 Å². The first-order valence-electron chi connectivity index (χ1n) is 12.6. The quantitative estimate of drug-likeness (QED) is 0.589. The first-order chi connectivity index (χ1) is 16.9. The van der Waals surface area contributed by atoms with Gasteiger partial charge in [-0.15, -0.1) is 0 Å². The highest BCUT2D eigenvalue weighted by molar-refractivity contribution is 5.95. The molecule has 0 spiro atoms. The smallest absolute Gasteiger partial charge is 0.412 e. The van der Waals surface area contributed by atoms with E-state index in [0.29, 0.717) is 29.3 Å². The van der Waals surface area contributed by atoms with Gasteiger partial charge in [-0.25, -0.2) is 9.18 Å². The molecule has 2 heterocycles. The summed E-state index contributed by atoms with van der Waals surface area (Å²) in [6.07, 6.45) is 3.39. The number of pyridine rings is 1. The Balaban J connectivity index is 1.64. The van der Waals surface area contributed by atoms with Gasteiger partial charge in [0.05, 0.1) is 23.4 Å². The van der Waals surface area contributed by atoms with Crippen LogP contribution in [0.2, 0.25) is 0 Å². The van der Waals surface area contributed by atoms with Crippen molar-refractivity contribution in [1.29, 1.82) is 0 Å². The van der Waals surface area contributed by atoms with Crippen LogP contribution in [0.1, 0.15) is 69.1 Å². The topological polar surface area (TPSA) is 80.8 Å². The molecular weight excluding hydrogens is 461 g/mol. The van der Waals surface area contributed by atoms with E-state index in [4.69, 9.17) is 9.47 Å². The van der Waals surface area contributed by atoms with Gasteiger partial charge in [0, 0.05) is 19.2 Å². The number of carbonyl (C=O) groups is 2. The lowest BCUT2D eigenvalue weighted by molar-refractivity contribution is -0.0785. The standard InChI is InChI=1S/C28H36FN3O4/c1-27(2,3)36-26(34)32-23(15-19-9-6-7-11-21(19)29)24(35-28(32,4)5)16-22-20(10-8-14-30-22)25(33)31-17-18-12-13-18/h6-11,14,18,23-24H,12-13,15-17H2,1-5H3,(H,31,33)/t23-,24+/m1/s1. The molecule has 8 heteroatoms. The van der Waals surface area contributed by atoms with Crippen LogP contribution < -0.4 is 5.32 Å². The zero-order valence-corrected chi connectivity index (χ0v) is 21.7. The molecule has 1 aromatic heterocycles. The predicted molar refractivity (Wildman–Crippen MR) is 134 cm³/mol. The first kappa shape index (κ1) is 26.1. The number of rotatable bonds is 7. The van der Waals surface area contributed by atoms with E-state index in [-0.39, 0.29) is 24.6 Å². The Kier molecular flexibility index (Phi) is 7.36. The molecule has 1 saturated heterocycles. The minimum atomic E-state index is -1.01. The van der Waals surface area contributed by atoms with E-state index in [2.05, 4.69) is 10.3 Å². The highest BCUT2D eigenvalue weighted by atomic mass is 19.1. The normalized spacial score (nSPS) is 21.3. The highest BCUT2D eigenvalue weighted by Gasteiger charge is 2.51. The maximum atomic E-state index is 14.7. The van der Waals surface area contributed by atoms with Gasteiger partial charge in [0.1, 0.15) is 17.1 Å². The first-order valence-corrected chi connectivity index (χ1v) is 12.6. The van der Waals surface area contributed by atoms with Gasteiger partial charge in [-0.2, -0.15) is 0 Å². The second-order valence-electron chi connectivity index (χ2n) is 11.2. The Hall–Kier alpha value is -3.00. The molecule has 1 aromatic carbocycles. The fourth-order valence-electron chi connectivity index (χ4n) is 4.68. The zero-order chi connectivity index (χ0) is 26.1. The molecule has 2 amide bonds. The third kappa shape index (κ3) is 6.22. The number of halogens is 1. The van der Waals surface area contributed by atoms with Crippen LogP contribution in [-0.2, 0) is 22.3 Å². The maximum absolute atomic E-state index is 14.7. The molecule has 0 unspecified atom stereocenters. The SMILES string of the molecule is CC(C)(C)OC(=O)N1[C@H](Cc2ccccc2F)[C@H](Cc2ncccc2C(=O)NCC2CC2)OC1(C)C. The third-order valence-corrected chi connectivity index (χ3v) is 6.54. The summed E-state index contributed by atoms with van der Waals surface area (Å²) in [7, 11) is 0. The Morgan fingerprint density at radius 1 is 1.17 bits per heavy atom. The fourth-order valence-corrected chi connectivity index (χ4v) is 4.68. The van der Waals surface area contributed by atoms with Crippen LogP contribution in [0.3, 0.4) is 0 Å². The van der Waals surface area contributed by atoms with E-state index in [1.54, 1.807) is 76.0 Å². The molecule has 2 aromatic rings. The van der Waals surface area contributed by atoms with Gasteiger partial charge in [-0.05, 0) is 83.6 Å². The molecule has 194 valence electrons. The van der Waals surface area contributed by atoms with E-state index in [9.17, 15) is 14.0 Å². The van der Waals surface area contributed by atoms with Crippen LogP contribution in [0.5, 0.6) is 0 Å². The van der Waals surface area contributed by atoms with Gasteiger partial charge in [-0.1, -0.05) is 18.2 Å². The van der Waals surface area contributed by atoms with Crippen molar-refractivity contribution in [2.75, 3.05) is 6.54 Å². The largest absolute Gasteiger partial charge is 0.444 e. The third-order valence-electron chi connectivity index (χ3n) is 6.54. The van der Waals surface area contributed by atoms with Crippen LogP contribution in [-0.4, -0.2) is 51.9 Å². The summed E-state index contributed by atoms with van der Waals surface area (Å²) >= 11 is 0. The number of carbonyl (C=O) groups excluding carboxylic acids is 2.